The second-order valence-corrected chi connectivity index (χ2v) is 8.24. The summed E-state index contributed by atoms with van der Waals surface area (Å²) in [6.07, 6.45) is 3.54. The van der Waals surface area contributed by atoms with E-state index >= 15 is 0 Å². The summed E-state index contributed by atoms with van der Waals surface area (Å²) in [4.78, 5) is 12.1. The lowest BCUT2D eigenvalue weighted by Crippen LogP contribution is -2.42. The highest BCUT2D eigenvalue weighted by molar-refractivity contribution is 7.89. The highest BCUT2D eigenvalue weighted by Crippen LogP contribution is 2.28. The van der Waals surface area contributed by atoms with E-state index in [-0.39, 0.29) is 23.3 Å². The summed E-state index contributed by atoms with van der Waals surface area (Å²) >= 11 is 0. The molecule has 1 aromatic rings. The van der Waals surface area contributed by atoms with Crippen molar-refractivity contribution in [1.82, 2.24) is 4.31 Å². The molecule has 0 unspecified atom stereocenters. The van der Waals surface area contributed by atoms with Gasteiger partial charge in [-0.25, -0.2) is 8.42 Å². The Morgan fingerprint density at radius 1 is 1.22 bits per heavy atom. The maximum absolute atomic E-state index is 12.7. The van der Waals surface area contributed by atoms with E-state index in [1.165, 1.54) is 16.4 Å². The molecule has 0 spiro atoms. The van der Waals surface area contributed by atoms with E-state index in [4.69, 9.17) is 0 Å². The average molecular weight is 338 g/mol. The Bertz CT molecular complexity index is 685. The zero-order valence-electron chi connectivity index (χ0n) is 12.9. The minimum atomic E-state index is -3.64. The number of piperidine rings is 1. The number of hydrogen-bond acceptors (Lipinski definition) is 4. The molecule has 2 N–H and O–H groups in total. The topological polar surface area (TPSA) is 86.7 Å². The summed E-state index contributed by atoms with van der Waals surface area (Å²) in [6.45, 7) is 0.541. The molecule has 1 aliphatic heterocycles. The molecule has 0 radical (unpaired) electrons. The van der Waals surface area contributed by atoms with E-state index in [1.807, 2.05) is 0 Å². The van der Waals surface area contributed by atoms with Crippen LogP contribution in [0.1, 0.15) is 32.1 Å². The van der Waals surface area contributed by atoms with Gasteiger partial charge in [-0.2, -0.15) is 4.31 Å². The predicted octanol–water partition coefficient (Wildman–Crippen LogP) is 1.57. The van der Waals surface area contributed by atoms with Crippen LogP contribution in [0.15, 0.2) is 29.2 Å². The highest BCUT2D eigenvalue weighted by atomic mass is 32.2. The van der Waals surface area contributed by atoms with E-state index < -0.39 is 16.1 Å². The van der Waals surface area contributed by atoms with Gasteiger partial charge in [-0.05, 0) is 43.9 Å². The van der Waals surface area contributed by atoms with Crippen LogP contribution in [0, 0.1) is 5.92 Å². The van der Waals surface area contributed by atoms with Crippen molar-refractivity contribution >= 4 is 21.6 Å². The van der Waals surface area contributed by atoms with Crippen molar-refractivity contribution in [2.24, 2.45) is 5.92 Å². The number of anilines is 1. The molecule has 6 nitrogen and oxygen atoms in total. The number of nitrogens with one attached hydrogen (secondary N) is 1. The maximum atomic E-state index is 12.7. The summed E-state index contributed by atoms with van der Waals surface area (Å²) in [5.41, 5.74) is 0.500. The van der Waals surface area contributed by atoms with Crippen LogP contribution in [-0.2, 0) is 14.8 Å². The molecular formula is C16H22N2O4S. The predicted molar refractivity (Wildman–Crippen MR) is 86.4 cm³/mol. The van der Waals surface area contributed by atoms with Crippen LogP contribution in [0.2, 0.25) is 0 Å². The van der Waals surface area contributed by atoms with Crippen molar-refractivity contribution in [3.63, 3.8) is 0 Å². The Morgan fingerprint density at radius 2 is 2.00 bits per heavy atom. The van der Waals surface area contributed by atoms with Gasteiger partial charge in [0.25, 0.3) is 0 Å². The molecule has 2 aliphatic rings. The van der Waals surface area contributed by atoms with Crippen LogP contribution in [-0.4, -0.2) is 42.9 Å². The second-order valence-electron chi connectivity index (χ2n) is 6.30. The number of benzene rings is 1. The SMILES string of the molecule is O=C(Nc1cccc(S(=O)(=O)N2CCC[C@H](O)C2)c1)C1CCC1. The number of rotatable bonds is 4. The summed E-state index contributed by atoms with van der Waals surface area (Å²) in [5.74, 6) is 0.00620. The van der Waals surface area contributed by atoms with Gasteiger partial charge in [0, 0.05) is 24.7 Å². The number of amides is 1. The quantitative estimate of drug-likeness (QED) is 0.872. The van der Waals surface area contributed by atoms with Crippen molar-refractivity contribution in [1.29, 1.82) is 0 Å². The summed E-state index contributed by atoms with van der Waals surface area (Å²) in [5, 5.41) is 12.5. The Labute approximate surface area is 136 Å². The molecule has 1 saturated heterocycles. The molecule has 1 aliphatic carbocycles. The Hall–Kier alpha value is -1.44. The van der Waals surface area contributed by atoms with Gasteiger partial charge in [0.2, 0.25) is 15.9 Å². The minimum Gasteiger partial charge on any atom is -0.392 e. The lowest BCUT2D eigenvalue weighted by atomic mass is 9.85. The van der Waals surface area contributed by atoms with Gasteiger partial charge < -0.3 is 10.4 Å². The standard InChI is InChI=1S/C16H22N2O4S/c19-14-7-3-9-18(11-14)23(21,22)15-8-2-6-13(10-15)17-16(20)12-4-1-5-12/h2,6,8,10,12,14,19H,1,3-5,7,9,11H2,(H,17,20)/t14-/m0/s1. The molecule has 7 heteroatoms. The molecule has 1 amide bonds. The molecule has 1 atom stereocenters. The number of hydrogen-bond donors (Lipinski definition) is 2. The lowest BCUT2D eigenvalue weighted by molar-refractivity contribution is -0.122. The van der Waals surface area contributed by atoms with Crippen LogP contribution in [0.3, 0.4) is 0 Å². The van der Waals surface area contributed by atoms with E-state index in [0.29, 0.717) is 25.1 Å². The fourth-order valence-corrected chi connectivity index (χ4v) is 4.50. The first-order valence-corrected chi connectivity index (χ1v) is 9.50. The van der Waals surface area contributed by atoms with Crippen molar-refractivity contribution in [3.8, 4) is 0 Å². The number of β-amino-alcohol motifs (C(OH)–C–C–N with tert-alkyl or cyclic N) is 1. The molecule has 2 fully saturated rings. The van der Waals surface area contributed by atoms with Gasteiger partial charge in [-0.1, -0.05) is 12.5 Å². The highest BCUT2D eigenvalue weighted by Gasteiger charge is 2.30. The molecule has 0 aromatic heterocycles. The number of carbonyl (C=O) groups excluding carboxylic acids is 1. The minimum absolute atomic E-state index is 0.0424. The van der Waals surface area contributed by atoms with Gasteiger partial charge in [0.1, 0.15) is 0 Å². The molecule has 3 rings (SSSR count). The largest absolute Gasteiger partial charge is 0.392 e. The summed E-state index contributed by atoms with van der Waals surface area (Å²) < 4.78 is 26.7. The molecular weight excluding hydrogens is 316 g/mol. The number of sulfonamides is 1. The Morgan fingerprint density at radius 3 is 2.65 bits per heavy atom. The normalized spacial score (nSPS) is 23.3. The molecule has 126 valence electrons. The van der Waals surface area contributed by atoms with Crippen LogP contribution < -0.4 is 5.32 Å². The van der Waals surface area contributed by atoms with Crippen LogP contribution in [0.25, 0.3) is 0 Å². The summed E-state index contributed by atoms with van der Waals surface area (Å²) in [6, 6.07) is 6.34. The fraction of sp³-hybridized carbons (Fsp3) is 0.562. The molecule has 0 bridgehead atoms. The van der Waals surface area contributed by atoms with Crippen LogP contribution in [0.4, 0.5) is 5.69 Å². The first-order chi connectivity index (χ1) is 11.0. The van der Waals surface area contributed by atoms with Crippen molar-refractivity contribution in [3.05, 3.63) is 24.3 Å². The molecule has 1 heterocycles. The molecule has 1 saturated carbocycles. The summed E-state index contributed by atoms with van der Waals surface area (Å²) in [7, 11) is -3.64. The van der Waals surface area contributed by atoms with E-state index in [2.05, 4.69) is 5.32 Å². The van der Waals surface area contributed by atoms with Crippen molar-refractivity contribution in [2.45, 2.75) is 43.1 Å². The van der Waals surface area contributed by atoms with Gasteiger partial charge in [0.15, 0.2) is 0 Å². The Balaban J connectivity index is 1.76. The lowest BCUT2D eigenvalue weighted by Gasteiger charge is -2.29. The zero-order valence-corrected chi connectivity index (χ0v) is 13.8. The van der Waals surface area contributed by atoms with E-state index in [9.17, 15) is 18.3 Å². The van der Waals surface area contributed by atoms with Gasteiger partial charge in [-0.3, -0.25) is 4.79 Å². The Kier molecular flexibility index (Phi) is 4.70. The van der Waals surface area contributed by atoms with E-state index in [0.717, 1.165) is 19.3 Å². The zero-order chi connectivity index (χ0) is 16.4. The third kappa shape index (κ3) is 3.57. The average Bonchev–Trinajstić information content (AvgIpc) is 2.45. The fourth-order valence-electron chi connectivity index (χ4n) is 2.94. The smallest absolute Gasteiger partial charge is 0.243 e. The molecule has 1 aromatic carbocycles. The monoisotopic (exact) mass is 338 g/mol. The number of aliphatic hydroxyl groups is 1. The number of aliphatic hydroxyl groups excluding tert-OH is 1. The van der Waals surface area contributed by atoms with E-state index in [1.54, 1.807) is 12.1 Å². The third-order valence-electron chi connectivity index (χ3n) is 4.57. The third-order valence-corrected chi connectivity index (χ3v) is 6.44. The number of nitrogens with zero attached hydrogens (tertiary/aromatic N) is 1. The second kappa shape index (κ2) is 6.59. The van der Waals surface area contributed by atoms with Crippen LogP contribution in [0.5, 0.6) is 0 Å². The van der Waals surface area contributed by atoms with Crippen LogP contribution >= 0.6 is 0 Å². The first-order valence-electron chi connectivity index (χ1n) is 8.06. The first kappa shape index (κ1) is 16.4. The van der Waals surface area contributed by atoms with Gasteiger partial charge in [-0.15, -0.1) is 0 Å². The van der Waals surface area contributed by atoms with Crippen molar-refractivity contribution < 1.29 is 18.3 Å². The van der Waals surface area contributed by atoms with Gasteiger partial charge in [0.05, 0.1) is 11.0 Å². The maximum Gasteiger partial charge on any atom is 0.243 e. The van der Waals surface area contributed by atoms with Crippen molar-refractivity contribution in [2.75, 3.05) is 18.4 Å². The number of carbonyl (C=O) groups is 1. The molecule has 23 heavy (non-hydrogen) atoms. The van der Waals surface area contributed by atoms with Gasteiger partial charge >= 0.3 is 0 Å².